The molecule has 134 valence electrons. The van der Waals surface area contributed by atoms with Gasteiger partial charge in [0, 0.05) is 24.9 Å². The first-order chi connectivity index (χ1) is 10.7. The molecule has 1 aromatic carbocycles. The van der Waals surface area contributed by atoms with E-state index in [4.69, 9.17) is 9.47 Å². The maximum Gasteiger partial charge on any atom is 0.316 e. The quantitative estimate of drug-likeness (QED) is 0.546. The molecule has 0 aliphatic carbocycles. The number of halogens is 2. The van der Waals surface area contributed by atoms with Crippen LogP contribution in [-0.2, 0) is 14.3 Å². The van der Waals surface area contributed by atoms with Crippen LogP contribution in [0.25, 0.3) is 0 Å². The molecular formula is C17H23Br2NO4. The standard InChI is InChI=1S/C17H21NO4.2BrH/c1-18-13-7-11(8-14(18)16-15(13)22-16)21-17(20)12(9-19)10-5-3-2-4-6-10;;/h2-6,11-16,19H,7-9H2,1H3;2*1H/t11?,12-,13-,14+,15-,16+;;/m1../s1. The second-order valence-electron chi connectivity index (χ2n) is 6.54. The summed E-state index contributed by atoms with van der Waals surface area (Å²) < 4.78 is 11.4. The summed E-state index contributed by atoms with van der Waals surface area (Å²) in [5.41, 5.74) is 0.803. The van der Waals surface area contributed by atoms with Crippen LogP contribution in [0.5, 0.6) is 0 Å². The average molecular weight is 465 g/mol. The molecule has 3 aliphatic rings. The zero-order valence-corrected chi connectivity index (χ0v) is 16.8. The fourth-order valence-corrected chi connectivity index (χ4v) is 4.04. The first-order valence-corrected chi connectivity index (χ1v) is 7.92. The van der Waals surface area contributed by atoms with Crippen molar-refractivity contribution in [2.24, 2.45) is 0 Å². The lowest BCUT2D eigenvalue weighted by Crippen LogP contribution is -2.48. The number of fused-ring (bicyclic) bond motifs is 5. The van der Waals surface area contributed by atoms with E-state index in [2.05, 4.69) is 11.9 Å². The van der Waals surface area contributed by atoms with Gasteiger partial charge in [0.2, 0.25) is 0 Å². The van der Waals surface area contributed by atoms with Crippen molar-refractivity contribution in [2.75, 3.05) is 13.7 Å². The number of carbonyl (C=O) groups is 1. The summed E-state index contributed by atoms with van der Waals surface area (Å²) in [5, 5.41) is 9.56. The Bertz CT molecular complexity index is 555. The molecule has 3 heterocycles. The van der Waals surface area contributed by atoms with Gasteiger partial charge in [-0.1, -0.05) is 30.3 Å². The fourth-order valence-electron chi connectivity index (χ4n) is 4.04. The highest BCUT2D eigenvalue weighted by molar-refractivity contribution is 8.93. The van der Waals surface area contributed by atoms with Crippen molar-refractivity contribution in [3.05, 3.63) is 35.9 Å². The number of esters is 1. The number of rotatable bonds is 4. The van der Waals surface area contributed by atoms with Crippen LogP contribution in [0.1, 0.15) is 24.3 Å². The fraction of sp³-hybridized carbons (Fsp3) is 0.588. The largest absolute Gasteiger partial charge is 0.462 e. The number of epoxide rings is 1. The minimum Gasteiger partial charge on any atom is -0.462 e. The molecule has 7 heteroatoms. The Balaban J connectivity index is 0.00000104. The van der Waals surface area contributed by atoms with Gasteiger partial charge in [-0.15, -0.1) is 34.0 Å². The monoisotopic (exact) mass is 463 g/mol. The molecule has 3 aliphatic heterocycles. The van der Waals surface area contributed by atoms with E-state index in [0.29, 0.717) is 24.3 Å². The van der Waals surface area contributed by atoms with Crippen molar-refractivity contribution in [3.63, 3.8) is 0 Å². The van der Waals surface area contributed by atoms with Crippen molar-refractivity contribution in [1.82, 2.24) is 4.90 Å². The van der Waals surface area contributed by atoms with Gasteiger partial charge in [0.05, 0.1) is 6.61 Å². The molecule has 0 spiro atoms. The molecule has 0 amide bonds. The van der Waals surface area contributed by atoms with E-state index in [9.17, 15) is 9.90 Å². The van der Waals surface area contributed by atoms with E-state index in [1.165, 1.54) is 0 Å². The summed E-state index contributed by atoms with van der Waals surface area (Å²) in [7, 11) is 2.13. The SMILES string of the molecule is Br.Br.CN1[C@@H]2CC(OC(=O)[C@H](CO)c3ccccc3)C[C@H]1[C@@H]1O[C@@H]12. The van der Waals surface area contributed by atoms with Gasteiger partial charge in [0.1, 0.15) is 24.2 Å². The van der Waals surface area contributed by atoms with Gasteiger partial charge in [0.25, 0.3) is 0 Å². The van der Waals surface area contributed by atoms with Gasteiger partial charge in [-0.2, -0.15) is 0 Å². The third-order valence-corrected chi connectivity index (χ3v) is 5.33. The summed E-state index contributed by atoms with van der Waals surface area (Å²) >= 11 is 0. The number of piperidine rings is 1. The summed E-state index contributed by atoms with van der Waals surface area (Å²) in [6.45, 7) is -0.226. The lowest BCUT2D eigenvalue weighted by atomic mass is 9.97. The van der Waals surface area contributed by atoms with Crippen LogP contribution < -0.4 is 0 Å². The normalized spacial score (nSPS) is 34.3. The van der Waals surface area contributed by atoms with Gasteiger partial charge in [0.15, 0.2) is 0 Å². The minimum atomic E-state index is -0.593. The molecule has 2 bridgehead atoms. The Morgan fingerprint density at radius 1 is 1.25 bits per heavy atom. The predicted molar refractivity (Wildman–Crippen MR) is 100 cm³/mol. The van der Waals surface area contributed by atoms with Gasteiger partial charge < -0.3 is 14.6 Å². The Morgan fingerprint density at radius 3 is 2.38 bits per heavy atom. The van der Waals surface area contributed by atoms with Crippen molar-refractivity contribution >= 4 is 39.9 Å². The average Bonchev–Trinajstić information content (AvgIpc) is 3.27. The van der Waals surface area contributed by atoms with Crippen LogP contribution in [0.3, 0.4) is 0 Å². The molecular weight excluding hydrogens is 442 g/mol. The van der Waals surface area contributed by atoms with E-state index in [1.807, 2.05) is 30.3 Å². The molecule has 0 radical (unpaired) electrons. The molecule has 24 heavy (non-hydrogen) atoms. The molecule has 5 nitrogen and oxygen atoms in total. The van der Waals surface area contributed by atoms with Gasteiger partial charge in [-0.25, -0.2) is 0 Å². The highest BCUT2D eigenvalue weighted by Gasteiger charge is 2.62. The van der Waals surface area contributed by atoms with Crippen LogP contribution in [0.2, 0.25) is 0 Å². The van der Waals surface area contributed by atoms with E-state index in [-0.39, 0.29) is 52.6 Å². The first kappa shape index (κ1) is 19.8. The number of aliphatic hydroxyl groups excluding tert-OH is 1. The second kappa shape index (κ2) is 7.83. The Labute approximate surface area is 162 Å². The first-order valence-electron chi connectivity index (χ1n) is 7.92. The zero-order chi connectivity index (χ0) is 15.3. The second-order valence-corrected chi connectivity index (χ2v) is 6.54. The van der Waals surface area contributed by atoms with Crippen LogP contribution in [0.4, 0.5) is 0 Å². The summed E-state index contributed by atoms with van der Waals surface area (Å²) in [6.07, 6.45) is 2.26. The molecule has 0 saturated carbocycles. The Kier molecular flexibility index (Phi) is 6.47. The van der Waals surface area contributed by atoms with Crippen molar-refractivity contribution in [3.8, 4) is 0 Å². The predicted octanol–water partition coefficient (Wildman–Crippen LogP) is 2.07. The third kappa shape index (κ3) is 3.42. The number of likely N-dealkylation sites (N-methyl/N-ethyl adjacent to an activating group) is 1. The Morgan fingerprint density at radius 2 is 1.83 bits per heavy atom. The summed E-state index contributed by atoms with van der Waals surface area (Å²) in [4.78, 5) is 14.8. The molecule has 3 fully saturated rings. The smallest absolute Gasteiger partial charge is 0.316 e. The molecule has 3 saturated heterocycles. The zero-order valence-electron chi connectivity index (χ0n) is 13.4. The summed E-state index contributed by atoms with van der Waals surface area (Å²) in [5.74, 6) is -0.915. The minimum absolute atomic E-state index is 0. The Hall–Kier alpha value is -0.470. The lowest BCUT2D eigenvalue weighted by molar-refractivity contribution is -0.156. The van der Waals surface area contributed by atoms with E-state index < -0.39 is 5.92 Å². The number of aliphatic hydroxyl groups is 1. The van der Waals surface area contributed by atoms with Crippen LogP contribution in [-0.4, -0.2) is 60.0 Å². The number of hydrogen-bond acceptors (Lipinski definition) is 5. The molecule has 1 N–H and O–H groups in total. The molecule has 1 aromatic rings. The maximum atomic E-state index is 12.4. The summed E-state index contributed by atoms with van der Waals surface area (Å²) in [6, 6.07) is 10.1. The van der Waals surface area contributed by atoms with Crippen molar-refractivity contribution < 1.29 is 19.4 Å². The van der Waals surface area contributed by atoms with Gasteiger partial charge in [-0.3, -0.25) is 9.69 Å². The number of nitrogens with zero attached hydrogens (tertiary/aromatic N) is 1. The number of hydrogen-bond donors (Lipinski definition) is 1. The van der Waals surface area contributed by atoms with Gasteiger partial charge >= 0.3 is 5.97 Å². The molecule has 4 rings (SSSR count). The number of morpholine rings is 1. The van der Waals surface area contributed by atoms with E-state index in [0.717, 1.165) is 18.4 Å². The van der Waals surface area contributed by atoms with Crippen LogP contribution >= 0.6 is 34.0 Å². The van der Waals surface area contributed by atoms with Crippen molar-refractivity contribution in [2.45, 2.75) is 49.2 Å². The highest BCUT2D eigenvalue weighted by atomic mass is 79.9. The number of benzene rings is 1. The van der Waals surface area contributed by atoms with Crippen LogP contribution in [0, 0.1) is 0 Å². The third-order valence-electron chi connectivity index (χ3n) is 5.33. The molecule has 6 atom stereocenters. The van der Waals surface area contributed by atoms with E-state index in [1.54, 1.807) is 0 Å². The molecule has 0 aromatic heterocycles. The van der Waals surface area contributed by atoms with E-state index >= 15 is 0 Å². The lowest BCUT2D eigenvalue weighted by Gasteiger charge is -2.38. The number of ether oxygens (including phenoxy) is 2. The van der Waals surface area contributed by atoms with Crippen molar-refractivity contribution in [1.29, 1.82) is 0 Å². The topological polar surface area (TPSA) is 62.3 Å². The highest BCUT2D eigenvalue weighted by Crippen LogP contribution is 2.48. The maximum absolute atomic E-state index is 12.4. The molecule has 1 unspecified atom stereocenters. The number of carbonyl (C=O) groups excluding carboxylic acids is 1. The van der Waals surface area contributed by atoms with Gasteiger partial charge in [-0.05, 0) is 12.6 Å². The van der Waals surface area contributed by atoms with Crippen LogP contribution in [0.15, 0.2) is 30.3 Å².